The maximum Gasteiger partial charge on any atom is 0.0476 e. The van der Waals surface area contributed by atoms with Crippen LogP contribution in [0.25, 0.3) is 0 Å². The van der Waals surface area contributed by atoms with Crippen LogP contribution >= 0.6 is 47.0 Å². The molecule has 1 N–H and O–H groups in total. The minimum absolute atomic E-state index is 0.992. The van der Waals surface area contributed by atoms with Gasteiger partial charge in [-0.25, -0.2) is 0 Å². The molecule has 1 rings (SSSR count). The van der Waals surface area contributed by atoms with Gasteiger partial charge in [-0.1, -0.05) is 0 Å². The summed E-state index contributed by atoms with van der Waals surface area (Å²) in [4.78, 5) is 4.44. The standard InChI is InChI=1S/C12H24N2S4/c1-5-15-9-10-17-7-3-14-4-8-18-12-11-16-6-2-13-1/h1,14H,2-12H2. The van der Waals surface area contributed by atoms with Crippen LogP contribution in [0.4, 0.5) is 0 Å². The summed E-state index contributed by atoms with van der Waals surface area (Å²) in [6.45, 7) is 3.31. The van der Waals surface area contributed by atoms with Crippen LogP contribution in [-0.2, 0) is 0 Å². The zero-order valence-electron chi connectivity index (χ0n) is 10.9. The summed E-state index contributed by atoms with van der Waals surface area (Å²) in [5.74, 6) is 9.82. The first-order valence-electron chi connectivity index (χ1n) is 6.50. The van der Waals surface area contributed by atoms with Gasteiger partial charge in [-0.05, 0) is 0 Å². The predicted octanol–water partition coefficient (Wildman–Crippen LogP) is 2.59. The van der Waals surface area contributed by atoms with Crippen LogP contribution in [0.15, 0.2) is 4.99 Å². The monoisotopic (exact) mass is 324 g/mol. The molecule has 0 unspecified atom stereocenters. The van der Waals surface area contributed by atoms with Crippen molar-refractivity contribution in [2.45, 2.75) is 0 Å². The zero-order valence-corrected chi connectivity index (χ0v) is 14.2. The molecule has 0 amide bonds. The summed E-state index contributed by atoms with van der Waals surface area (Å²) in [6, 6.07) is 0. The van der Waals surface area contributed by atoms with E-state index in [0.717, 1.165) is 25.4 Å². The molecule has 106 valence electrons. The lowest BCUT2D eigenvalue weighted by Crippen LogP contribution is -2.20. The topological polar surface area (TPSA) is 24.4 Å². The zero-order chi connectivity index (χ0) is 12.7. The Balaban J connectivity index is 2.06. The average molecular weight is 325 g/mol. The molecular formula is C12H24N2S4. The van der Waals surface area contributed by atoms with Gasteiger partial charge in [-0.3, -0.25) is 4.99 Å². The summed E-state index contributed by atoms with van der Waals surface area (Å²) in [7, 11) is 0. The van der Waals surface area contributed by atoms with E-state index in [4.69, 9.17) is 0 Å². The number of rotatable bonds is 0. The van der Waals surface area contributed by atoms with Crippen molar-refractivity contribution in [1.82, 2.24) is 5.32 Å². The third-order valence-corrected chi connectivity index (χ3v) is 6.61. The molecule has 0 aromatic rings. The van der Waals surface area contributed by atoms with Crippen molar-refractivity contribution in [3.05, 3.63) is 0 Å². The second-order valence-electron chi connectivity index (χ2n) is 3.75. The Bertz CT molecular complexity index is 183. The van der Waals surface area contributed by atoms with Gasteiger partial charge in [0.05, 0.1) is 0 Å². The highest BCUT2D eigenvalue weighted by molar-refractivity contribution is 8.03. The molecular weight excluding hydrogens is 300 g/mol. The summed E-state index contributed by atoms with van der Waals surface area (Å²) in [6.07, 6.45) is 2.09. The lowest BCUT2D eigenvalue weighted by molar-refractivity contribution is 0.774. The number of thioether (sulfide) groups is 4. The Morgan fingerprint density at radius 3 is 2.06 bits per heavy atom. The number of nitrogens with zero attached hydrogens (tertiary/aromatic N) is 1. The Labute approximate surface area is 129 Å². The molecule has 0 atom stereocenters. The number of hydrogen-bond donors (Lipinski definition) is 1. The molecule has 18 heavy (non-hydrogen) atoms. The molecule has 1 aliphatic rings. The fourth-order valence-corrected chi connectivity index (χ4v) is 5.04. The van der Waals surface area contributed by atoms with Gasteiger partial charge >= 0.3 is 0 Å². The van der Waals surface area contributed by atoms with E-state index < -0.39 is 0 Å². The molecule has 0 fully saturated rings. The van der Waals surface area contributed by atoms with Crippen LogP contribution in [0.1, 0.15) is 0 Å². The SMILES string of the molecule is C1=NCCSCCSCCNCCSCCSC1. The fourth-order valence-electron chi connectivity index (χ4n) is 1.35. The van der Waals surface area contributed by atoms with Crippen molar-refractivity contribution in [2.24, 2.45) is 4.99 Å². The van der Waals surface area contributed by atoms with E-state index in [-0.39, 0.29) is 0 Å². The Kier molecular flexibility index (Phi) is 13.7. The highest BCUT2D eigenvalue weighted by Crippen LogP contribution is 2.07. The van der Waals surface area contributed by atoms with E-state index in [1.54, 1.807) is 0 Å². The van der Waals surface area contributed by atoms with Crippen LogP contribution in [0, 0.1) is 0 Å². The molecule has 0 aromatic carbocycles. The largest absolute Gasteiger partial charge is 0.315 e. The van der Waals surface area contributed by atoms with Crippen LogP contribution in [0.3, 0.4) is 0 Å². The second-order valence-corrected chi connectivity index (χ2v) is 8.57. The van der Waals surface area contributed by atoms with Crippen molar-refractivity contribution in [3.8, 4) is 0 Å². The van der Waals surface area contributed by atoms with E-state index >= 15 is 0 Å². The first-order valence-corrected chi connectivity index (χ1v) is 11.1. The molecule has 1 heterocycles. The van der Waals surface area contributed by atoms with Crippen LogP contribution in [0.2, 0.25) is 0 Å². The quantitative estimate of drug-likeness (QED) is 0.738. The minimum atomic E-state index is 0.992. The fraction of sp³-hybridized carbons (Fsp3) is 0.917. The smallest absolute Gasteiger partial charge is 0.0476 e. The molecule has 0 aromatic heterocycles. The number of nitrogens with one attached hydrogen (secondary N) is 1. The van der Waals surface area contributed by atoms with Gasteiger partial charge in [0.2, 0.25) is 0 Å². The predicted molar refractivity (Wildman–Crippen MR) is 95.5 cm³/mol. The van der Waals surface area contributed by atoms with Gasteiger partial charge < -0.3 is 5.32 Å². The van der Waals surface area contributed by atoms with Crippen molar-refractivity contribution in [2.75, 3.05) is 65.7 Å². The molecule has 0 spiro atoms. The Morgan fingerprint density at radius 1 is 0.722 bits per heavy atom. The summed E-state index contributed by atoms with van der Waals surface area (Å²) in [5, 5.41) is 3.51. The summed E-state index contributed by atoms with van der Waals surface area (Å²) in [5.41, 5.74) is 0. The summed E-state index contributed by atoms with van der Waals surface area (Å²) < 4.78 is 0. The van der Waals surface area contributed by atoms with Crippen molar-refractivity contribution in [3.63, 3.8) is 0 Å². The lowest BCUT2D eigenvalue weighted by Gasteiger charge is -2.05. The normalized spacial score (nSPS) is 23.1. The highest BCUT2D eigenvalue weighted by atomic mass is 32.2. The van der Waals surface area contributed by atoms with Crippen LogP contribution < -0.4 is 5.32 Å². The van der Waals surface area contributed by atoms with Gasteiger partial charge in [-0.15, -0.1) is 0 Å². The van der Waals surface area contributed by atoms with Crippen molar-refractivity contribution >= 4 is 53.3 Å². The second kappa shape index (κ2) is 14.4. The van der Waals surface area contributed by atoms with E-state index in [2.05, 4.69) is 40.0 Å². The molecule has 0 radical (unpaired) electrons. The van der Waals surface area contributed by atoms with E-state index in [0.29, 0.717) is 0 Å². The third kappa shape index (κ3) is 12.1. The summed E-state index contributed by atoms with van der Waals surface area (Å²) >= 11 is 8.15. The van der Waals surface area contributed by atoms with Crippen molar-refractivity contribution < 1.29 is 0 Å². The van der Waals surface area contributed by atoms with Gasteiger partial charge in [-0.2, -0.15) is 47.0 Å². The van der Waals surface area contributed by atoms with Gasteiger partial charge in [0.25, 0.3) is 0 Å². The number of hydrogen-bond acceptors (Lipinski definition) is 6. The highest BCUT2D eigenvalue weighted by Gasteiger charge is 1.94. The number of aliphatic imine (C=N–C) groups is 1. The maximum absolute atomic E-state index is 4.44. The maximum atomic E-state index is 4.44. The van der Waals surface area contributed by atoms with Gasteiger partial charge in [0.1, 0.15) is 0 Å². The molecule has 0 saturated heterocycles. The minimum Gasteiger partial charge on any atom is -0.315 e. The van der Waals surface area contributed by atoms with E-state index in [1.807, 2.05) is 23.5 Å². The third-order valence-electron chi connectivity index (χ3n) is 2.28. The average Bonchev–Trinajstić information content (AvgIpc) is 2.39. The lowest BCUT2D eigenvalue weighted by atomic mass is 10.7. The molecule has 2 nitrogen and oxygen atoms in total. The van der Waals surface area contributed by atoms with Crippen LogP contribution in [0.5, 0.6) is 0 Å². The molecule has 0 aliphatic carbocycles. The first kappa shape index (κ1) is 17.1. The molecule has 0 saturated carbocycles. The Morgan fingerprint density at radius 2 is 1.33 bits per heavy atom. The molecule has 6 heteroatoms. The van der Waals surface area contributed by atoms with Crippen molar-refractivity contribution in [1.29, 1.82) is 0 Å². The van der Waals surface area contributed by atoms with E-state index in [9.17, 15) is 0 Å². The molecule has 1 aliphatic heterocycles. The van der Waals surface area contributed by atoms with E-state index in [1.165, 1.54) is 40.3 Å². The van der Waals surface area contributed by atoms with Gasteiger partial charge in [0.15, 0.2) is 0 Å². The molecule has 0 bridgehead atoms. The first-order chi connectivity index (χ1) is 9.00. The van der Waals surface area contributed by atoms with Gasteiger partial charge in [0, 0.05) is 71.9 Å². The van der Waals surface area contributed by atoms with Crippen LogP contribution in [-0.4, -0.2) is 71.9 Å². The Hall–Kier alpha value is 1.03.